The van der Waals surface area contributed by atoms with E-state index in [0.29, 0.717) is 12.0 Å². The van der Waals surface area contributed by atoms with Gasteiger partial charge < -0.3 is 9.64 Å². The molecule has 0 spiro atoms. The Balaban J connectivity index is 1.22. The van der Waals surface area contributed by atoms with Crippen LogP contribution in [0.3, 0.4) is 0 Å². The molecule has 3 atom stereocenters. The third kappa shape index (κ3) is 3.08. The van der Waals surface area contributed by atoms with Crippen LogP contribution in [0.25, 0.3) is 0 Å². The highest BCUT2D eigenvalue weighted by Crippen LogP contribution is 2.64. The number of hydrogen-bond donors (Lipinski definition) is 0. The van der Waals surface area contributed by atoms with Crippen molar-refractivity contribution in [2.24, 2.45) is 17.3 Å². The summed E-state index contributed by atoms with van der Waals surface area (Å²) < 4.78 is 6.05. The first-order valence-electron chi connectivity index (χ1n) is 10.4. The molecule has 4 bridgehead atoms. The molecule has 6 rings (SSSR count). The van der Waals surface area contributed by atoms with E-state index >= 15 is 0 Å². The van der Waals surface area contributed by atoms with Gasteiger partial charge >= 0.3 is 0 Å². The van der Waals surface area contributed by atoms with Crippen LogP contribution in [0.15, 0.2) is 0 Å². The minimum Gasteiger partial charge on any atom is -0.377 e. The van der Waals surface area contributed by atoms with E-state index in [4.69, 9.17) is 4.74 Å². The molecule has 6 aliphatic rings. The molecule has 4 aliphatic carbocycles. The zero-order valence-corrected chi connectivity index (χ0v) is 16.8. The summed E-state index contributed by atoms with van der Waals surface area (Å²) in [7, 11) is 0. The second kappa shape index (κ2) is 6.20. The Morgan fingerprint density at radius 3 is 2.40 bits per heavy atom. The Hall–Kier alpha value is -0.130. The first-order valence-corrected chi connectivity index (χ1v) is 11.2. The van der Waals surface area contributed by atoms with Gasteiger partial charge in [-0.2, -0.15) is 0 Å². The molecule has 0 N–H and O–H groups in total. The summed E-state index contributed by atoms with van der Waals surface area (Å²) in [4.78, 5) is 18.2. The van der Waals surface area contributed by atoms with E-state index in [0.717, 1.165) is 70.4 Å². The predicted molar refractivity (Wildman–Crippen MR) is 101 cm³/mol. The molecule has 0 aromatic carbocycles. The summed E-state index contributed by atoms with van der Waals surface area (Å²) >= 11 is 4.05. The molecular formula is C20H31BrN2O2. The number of carbonyl (C=O) groups excluding carboxylic acids is 1. The Morgan fingerprint density at radius 2 is 1.80 bits per heavy atom. The SMILES string of the molecule is O=C(N1CCN(CC2CCCO2)CC1)C12CC3CC(CC(Br)(C3)C1)C2. The summed E-state index contributed by atoms with van der Waals surface area (Å²) in [6, 6.07) is 0. The highest BCUT2D eigenvalue weighted by atomic mass is 79.9. The summed E-state index contributed by atoms with van der Waals surface area (Å²) in [6.07, 6.45) is 10.2. The van der Waals surface area contributed by atoms with Crippen LogP contribution >= 0.6 is 15.9 Å². The average Bonchev–Trinajstić information content (AvgIpc) is 3.05. The molecule has 4 nitrogen and oxygen atoms in total. The molecule has 2 saturated heterocycles. The molecular weight excluding hydrogens is 380 g/mol. The number of carbonyl (C=O) groups is 1. The number of amides is 1. The van der Waals surface area contributed by atoms with Crippen molar-refractivity contribution < 1.29 is 9.53 Å². The van der Waals surface area contributed by atoms with Crippen molar-refractivity contribution in [1.29, 1.82) is 0 Å². The number of halogens is 1. The first-order chi connectivity index (χ1) is 12.0. The second-order valence-corrected chi connectivity index (χ2v) is 11.3. The normalized spacial score (nSPS) is 46.8. The number of rotatable bonds is 3. The number of piperazine rings is 1. The van der Waals surface area contributed by atoms with Gasteiger partial charge in [0, 0.05) is 43.7 Å². The lowest BCUT2D eigenvalue weighted by molar-refractivity contribution is -0.157. The standard InChI is InChI=1S/C20H31BrN2O2/c21-20-11-15-8-16(12-20)10-19(9-15,14-20)18(24)23-5-3-22(4-6-23)13-17-2-1-7-25-17/h15-17H,1-14H2. The second-order valence-electron chi connectivity index (χ2n) is 9.62. The van der Waals surface area contributed by atoms with E-state index in [1.807, 2.05) is 0 Å². The van der Waals surface area contributed by atoms with Crippen molar-refractivity contribution in [1.82, 2.24) is 9.80 Å². The lowest BCUT2D eigenvalue weighted by Crippen LogP contribution is -2.61. The van der Waals surface area contributed by atoms with Gasteiger partial charge in [-0.3, -0.25) is 9.69 Å². The van der Waals surface area contributed by atoms with Gasteiger partial charge in [0.1, 0.15) is 0 Å². The predicted octanol–water partition coefficient (Wildman–Crippen LogP) is 3.04. The molecule has 1 amide bonds. The van der Waals surface area contributed by atoms with Crippen LogP contribution in [0.5, 0.6) is 0 Å². The Kier molecular flexibility index (Phi) is 4.22. The maximum Gasteiger partial charge on any atom is 0.228 e. The first kappa shape index (κ1) is 17.0. The van der Waals surface area contributed by atoms with Crippen molar-refractivity contribution in [3.8, 4) is 0 Å². The zero-order valence-electron chi connectivity index (χ0n) is 15.2. The number of hydrogen-bond acceptors (Lipinski definition) is 3. The van der Waals surface area contributed by atoms with Crippen molar-refractivity contribution in [2.45, 2.75) is 61.8 Å². The zero-order chi connectivity index (χ0) is 17.1. The van der Waals surface area contributed by atoms with E-state index in [1.165, 1.54) is 32.1 Å². The van der Waals surface area contributed by atoms with E-state index in [2.05, 4.69) is 25.7 Å². The summed E-state index contributed by atoms with van der Waals surface area (Å²) in [6.45, 7) is 5.86. The van der Waals surface area contributed by atoms with Gasteiger partial charge in [0.15, 0.2) is 0 Å². The van der Waals surface area contributed by atoms with E-state index < -0.39 is 0 Å². The third-order valence-corrected chi connectivity index (χ3v) is 8.52. The molecule has 3 unspecified atom stereocenters. The number of alkyl halides is 1. The summed E-state index contributed by atoms with van der Waals surface area (Å²) in [5.41, 5.74) is -0.0374. The maximum absolute atomic E-state index is 13.5. The minimum absolute atomic E-state index is 0.0374. The molecule has 140 valence electrons. The number of ether oxygens (including phenoxy) is 1. The fraction of sp³-hybridized carbons (Fsp3) is 0.950. The Labute approximate surface area is 159 Å². The Bertz CT molecular complexity index is 526. The van der Waals surface area contributed by atoms with E-state index in [1.54, 1.807) is 0 Å². The molecule has 0 radical (unpaired) electrons. The molecule has 0 aromatic heterocycles. The van der Waals surface area contributed by atoms with Crippen LogP contribution in [0.2, 0.25) is 0 Å². The van der Waals surface area contributed by atoms with Crippen LogP contribution < -0.4 is 0 Å². The van der Waals surface area contributed by atoms with Crippen LogP contribution in [0.4, 0.5) is 0 Å². The fourth-order valence-electron chi connectivity index (χ4n) is 6.95. The third-order valence-electron chi connectivity index (χ3n) is 7.59. The lowest BCUT2D eigenvalue weighted by atomic mass is 9.49. The highest BCUT2D eigenvalue weighted by molar-refractivity contribution is 9.10. The Morgan fingerprint density at radius 1 is 1.08 bits per heavy atom. The fourth-order valence-corrected chi connectivity index (χ4v) is 8.40. The minimum atomic E-state index is -0.0374. The topological polar surface area (TPSA) is 32.8 Å². The molecule has 0 aromatic rings. The molecule has 4 saturated carbocycles. The largest absolute Gasteiger partial charge is 0.377 e. The maximum atomic E-state index is 13.5. The van der Waals surface area contributed by atoms with Crippen LogP contribution in [-0.4, -0.2) is 65.5 Å². The van der Waals surface area contributed by atoms with Crippen LogP contribution in [0.1, 0.15) is 51.4 Å². The quantitative estimate of drug-likeness (QED) is 0.670. The molecule has 2 heterocycles. The number of nitrogens with zero attached hydrogens (tertiary/aromatic N) is 2. The van der Waals surface area contributed by atoms with Crippen molar-refractivity contribution in [3.05, 3.63) is 0 Å². The lowest BCUT2D eigenvalue weighted by Gasteiger charge is -2.60. The van der Waals surface area contributed by atoms with Gasteiger partial charge in [0.25, 0.3) is 0 Å². The van der Waals surface area contributed by atoms with Gasteiger partial charge in [0.05, 0.1) is 11.5 Å². The van der Waals surface area contributed by atoms with Gasteiger partial charge in [-0.15, -0.1) is 0 Å². The molecule has 5 heteroatoms. The van der Waals surface area contributed by atoms with Gasteiger partial charge in [-0.05, 0) is 63.2 Å². The summed E-state index contributed by atoms with van der Waals surface area (Å²) in [5.74, 6) is 2.05. The molecule has 2 aliphatic heterocycles. The van der Waals surface area contributed by atoms with Crippen molar-refractivity contribution in [3.63, 3.8) is 0 Å². The monoisotopic (exact) mass is 410 g/mol. The van der Waals surface area contributed by atoms with Gasteiger partial charge in [-0.25, -0.2) is 0 Å². The smallest absolute Gasteiger partial charge is 0.228 e. The molecule has 25 heavy (non-hydrogen) atoms. The summed E-state index contributed by atoms with van der Waals surface area (Å²) in [5, 5.41) is 0. The van der Waals surface area contributed by atoms with Crippen LogP contribution in [0, 0.1) is 17.3 Å². The van der Waals surface area contributed by atoms with E-state index in [-0.39, 0.29) is 9.74 Å². The van der Waals surface area contributed by atoms with Crippen molar-refractivity contribution >= 4 is 21.8 Å². The molecule has 6 fully saturated rings. The average molecular weight is 411 g/mol. The van der Waals surface area contributed by atoms with Gasteiger partial charge in [-0.1, -0.05) is 15.9 Å². The van der Waals surface area contributed by atoms with Crippen LogP contribution in [-0.2, 0) is 9.53 Å². The highest BCUT2D eigenvalue weighted by Gasteiger charge is 2.60. The van der Waals surface area contributed by atoms with Gasteiger partial charge in [0.2, 0.25) is 5.91 Å². The van der Waals surface area contributed by atoms with Crippen molar-refractivity contribution in [2.75, 3.05) is 39.3 Å². The van der Waals surface area contributed by atoms with E-state index in [9.17, 15) is 4.79 Å².